The van der Waals surface area contributed by atoms with E-state index in [-0.39, 0.29) is 5.91 Å². The third-order valence-electron chi connectivity index (χ3n) is 2.02. The molecule has 0 saturated heterocycles. The summed E-state index contributed by atoms with van der Waals surface area (Å²) in [5, 5.41) is 3.21. The Bertz CT molecular complexity index is 409. The first kappa shape index (κ1) is 14.1. The van der Waals surface area contributed by atoms with Crippen molar-refractivity contribution in [1.29, 1.82) is 0 Å². The van der Waals surface area contributed by atoms with Crippen molar-refractivity contribution in [2.75, 3.05) is 13.2 Å². The van der Waals surface area contributed by atoms with Gasteiger partial charge in [-0.05, 0) is 24.6 Å². The molecule has 0 bridgehead atoms. The predicted octanol–water partition coefficient (Wildman–Crippen LogP) is 3.38. The van der Waals surface area contributed by atoms with Crippen LogP contribution in [0.15, 0.2) is 35.5 Å². The number of amides is 1. The minimum Gasteiger partial charge on any atom is -0.502 e. The normalized spacial score (nSPS) is 9.76. The van der Waals surface area contributed by atoms with Crippen LogP contribution in [0.3, 0.4) is 0 Å². The van der Waals surface area contributed by atoms with Crippen LogP contribution in [0.2, 0.25) is 5.02 Å². The van der Waals surface area contributed by atoms with Gasteiger partial charge in [-0.2, -0.15) is 0 Å². The van der Waals surface area contributed by atoms with Crippen molar-refractivity contribution in [3.8, 4) is 0 Å². The van der Waals surface area contributed by atoms with E-state index < -0.39 is 0 Å². The molecule has 17 heavy (non-hydrogen) atoms. The first-order chi connectivity index (χ1) is 8.15. The summed E-state index contributed by atoms with van der Waals surface area (Å²) >= 11 is 9.23. The maximum Gasteiger partial charge on any atom is 0.252 e. The summed E-state index contributed by atoms with van der Waals surface area (Å²) in [6.45, 7) is 4.51. The average Bonchev–Trinajstić information content (AvgIpc) is 2.32. The van der Waals surface area contributed by atoms with Crippen LogP contribution in [0, 0.1) is 0 Å². The number of benzene rings is 1. The standard InChI is InChI=1S/C12H13BrClNO2/c1-2-17-7-3-6-15-12(16)10-8-9(13)4-5-11(10)14/h2,4-5,8H,1,3,6-7H2,(H,15,16). The third-order valence-corrected chi connectivity index (χ3v) is 2.84. The van der Waals surface area contributed by atoms with E-state index in [2.05, 4.69) is 27.8 Å². The Hall–Kier alpha value is -1.000. The van der Waals surface area contributed by atoms with E-state index in [1.165, 1.54) is 6.26 Å². The summed E-state index contributed by atoms with van der Waals surface area (Å²) in [6, 6.07) is 5.16. The molecule has 1 amide bonds. The van der Waals surface area contributed by atoms with Crippen molar-refractivity contribution in [2.24, 2.45) is 0 Å². The molecular formula is C12H13BrClNO2. The fraction of sp³-hybridized carbons (Fsp3) is 0.250. The maximum absolute atomic E-state index is 11.8. The molecule has 0 saturated carbocycles. The number of carbonyl (C=O) groups excluding carboxylic acids is 1. The van der Waals surface area contributed by atoms with Gasteiger partial charge in [0.1, 0.15) is 0 Å². The number of hydrogen-bond acceptors (Lipinski definition) is 2. The summed E-state index contributed by atoms with van der Waals surface area (Å²) in [4.78, 5) is 11.8. The van der Waals surface area contributed by atoms with Gasteiger partial charge in [0.05, 0.1) is 23.5 Å². The van der Waals surface area contributed by atoms with E-state index in [9.17, 15) is 4.79 Å². The third kappa shape index (κ3) is 4.79. The molecule has 0 fully saturated rings. The summed E-state index contributed by atoms with van der Waals surface area (Å²) in [6.07, 6.45) is 2.11. The van der Waals surface area contributed by atoms with Crippen LogP contribution in [0.25, 0.3) is 0 Å². The number of carbonyl (C=O) groups is 1. The number of ether oxygens (including phenoxy) is 1. The van der Waals surface area contributed by atoms with Crippen LogP contribution in [0.5, 0.6) is 0 Å². The van der Waals surface area contributed by atoms with Crippen LogP contribution in [-0.2, 0) is 4.74 Å². The van der Waals surface area contributed by atoms with Crippen molar-refractivity contribution >= 4 is 33.4 Å². The zero-order chi connectivity index (χ0) is 12.7. The van der Waals surface area contributed by atoms with Crippen molar-refractivity contribution in [2.45, 2.75) is 6.42 Å². The molecule has 5 heteroatoms. The van der Waals surface area contributed by atoms with E-state index in [4.69, 9.17) is 16.3 Å². The van der Waals surface area contributed by atoms with Crippen LogP contribution in [0.4, 0.5) is 0 Å². The van der Waals surface area contributed by atoms with Crippen LogP contribution in [-0.4, -0.2) is 19.1 Å². The topological polar surface area (TPSA) is 38.3 Å². The Morgan fingerprint density at radius 3 is 3.06 bits per heavy atom. The summed E-state index contributed by atoms with van der Waals surface area (Å²) in [5.74, 6) is -0.185. The molecule has 1 rings (SSSR count). The lowest BCUT2D eigenvalue weighted by Gasteiger charge is -2.07. The minimum atomic E-state index is -0.185. The van der Waals surface area contributed by atoms with Gasteiger partial charge < -0.3 is 10.1 Å². The zero-order valence-electron chi connectivity index (χ0n) is 9.21. The van der Waals surface area contributed by atoms with Gasteiger partial charge in [0, 0.05) is 11.0 Å². The fourth-order valence-electron chi connectivity index (χ4n) is 1.21. The first-order valence-corrected chi connectivity index (χ1v) is 6.28. The summed E-state index contributed by atoms with van der Waals surface area (Å²) < 4.78 is 5.76. The number of halogens is 2. The number of rotatable bonds is 6. The molecule has 0 aliphatic rings. The Morgan fingerprint density at radius 2 is 2.35 bits per heavy atom. The van der Waals surface area contributed by atoms with E-state index in [0.717, 1.165) is 10.9 Å². The molecule has 0 aliphatic carbocycles. The van der Waals surface area contributed by atoms with Crippen molar-refractivity contribution in [3.63, 3.8) is 0 Å². The largest absolute Gasteiger partial charge is 0.502 e. The quantitative estimate of drug-likeness (QED) is 0.645. The second-order valence-corrected chi connectivity index (χ2v) is 4.59. The highest BCUT2D eigenvalue weighted by atomic mass is 79.9. The van der Waals surface area contributed by atoms with Crippen molar-refractivity contribution < 1.29 is 9.53 Å². The molecule has 0 aliphatic heterocycles. The Kier molecular flexibility index (Phi) is 6.08. The lowest BCUT2D eigenvalue weighted by molar-refractivity contribution is 0.0950. The van der Waals surface area contributed by atoms with Gasteiger partial charge in [-0.3, -0.25) is 4.79 Å². The van der Waals surface area contributed by atoms with Crippen LogP contribution < -0.4 is 5.32 Å². The maximum atomic E-state index is 11.8. The van der Waals surface area contributed by atoms with Gasteiger partial charge in [-0.25, -0.2) is 0 Å². The van der Waals surface area contributed by atoms with E-state index in [1.54, 1.807) is 18.2 Å². The molecule has 0 spiro atoms. The second-order valence-electron chi connectivity index (χ2n) is 3.27. The lowest BCUT2D eigenvalue weighted by Crippen LogP contribution is -2.25. The lowest BCUT2D eigenvalue weighted by atomic mass is 10.2. The zero-order valence-corrected chi connectivity index (χ0v) is 11.6. The van der Waals surface area contributed by atoms with Gasteiger partial charge in [-0.15, -0.1) is 0 Å². The molecule has 92 valence electrons. The van der Waals surface area contributed by atoms with Crippen molar-refractivity contribution in [1.82, 2.24) is 5.32 Å². The Morgan fingerprint density at radius 1 is 1.59 bits per heavy atom. The SMILES string of the molecule is C=COCCCNC(=O)c1cc(Br)ccc1Cl. The molecule has 0 aromatic heterocycles. The highest BCUT2D eigenvalue weighted by Crippen LogP contribution is 2.20. The highest BCUT2D eigenvalue weighted by Gasteiger charge is 2.09. The van der Waals surface area contributed by atoms with E-state index >= 15 is 0 Å². The predicted molar refractivity (Wildman–Crippen MR) is 72.3 cm³/mol. The molecular weight excluding hydrogens is 305 g/mol. The van der Waals surface area contributed by atoms with E-state index in [1.807, 2.05) is 0 Å². The Labute approximate surface area is 114 Å². The monoisotopic (exact) mass is 317 g/mol. The fourth-order valence-corrected chi connectivity index (χ4v) is 1.77. The number of nitrogens with one attached hydrogen (secondary N) is 1. The van der Waals surface area contributed by atoms with Gasteiger partial charge in [0.25, 0.3) is 5.91 Å². The molecule has 3 nitrogen and oxygen atoms in total. The molecule has 0 heterocycles. The van der Waals surface area contributed by atoms with Gasteiger partial charge in [-0.1, -0.05) is 34.1 Å². The minimum absolute atomic E-state index is 0.185. The summed E-state index contributed by atoms with van der Waals surface area (Å²) in [5.41, 5.74) is 0.464. The number of hydrogen-bond donors (Lipinski definition) is 1. The molecule has 1 N–H and O–H groups in total. The van der Waals surface area contributed by atoms with Crippen molar-refractivity contribution in [3.05, 3.63) is 46.1 Å². The summed E-state index contributed by atoms with van der Waals surface area (Å²) in [7, 11) is 0. The second kappa shape index (κ2) is 7.35. The average molecular weight is 319 g/mol. The van der Waals surface area contributed by atoms with Crippen LogP contribution in [0.1, 0.15) is 16.8 Å². The van der Waals surface area contributed by atoms with Gasteiger partial charge in [0.15, 0.2) is 0 Å². The molecule has 1 aromatic carbocycles. The van der Waals surface area contributed by atoms with Gasteiger partial charge in [0.2, 0.25) is 0 Å². The highest BCUT2D eigenvalue weighted by molar-refractivity contribution is 9.10. The molecule has 0 radical (unpaired) electrons. The first-order valence-electron chi connectivity index (χ1n) is 5.11. The molecule has 0 unspecified atom stereocenters. The Balaban J connectivity index is 2.46. The molecule has 0 atom stereocenters. The van der Waals surface area contributed by atoms with Gasteiger partial charge >= 0.3 is 0 Å². The molecule has 1 aromatic rings. The smallest absolute Gasteiger partial charge is 0.252 e. The van der Waals surface area contributed by atoms with Crippen LogP contribution >= 0.6 is 27.5 Å². The van der Waals surface area contributed by atoms with E-state index in [0.29, 0.717) is 23.7 Å².